The van der Waals surface area contributed by atoms with Crippen molar-refractivity contribution in [2.75, 3.05) is 12.3 Å². The zero-order valence-corrected chi connectivity index (χ0v) is 11.9. The van der Waals surface area contributed by atoms with Gasteiger partial charge in [0.15, 0.2) is 9.84 Å². The molecule has 0 saturated heterocycles. The lowest BCUT2D eigenvalue weighted by Gasteiger charge is -2.15. The third kappa shape index (κ3) is 2.75. The molecule has 0 aliphatic heterocycles. The lowest BCUT2D eigenvalue weighted by molar-refractivity contribution is 0.510. The Hall–Kier alpha value is -0.870. The molecular formula is C14H21NO2S. The smallest absolute Gasteiger partial charge is 0.179 e. The van der Waals surface area contributed by atoms with Crippen molar-refractivity contribution in [3.8, 4) is 0 Å². The van der Waals surface area contributed by atoms with Gasteiger partial charge in [-0.05, 0) is 56.7 Å². The second-order valence-corrected chi connectivity index (χ2v) is 7.52. The second-order valence-electron chi connectivity index (χ2n) is 5.57. The molecule has 2 N–H and O–H groups in total. The Morgan fingerprint density at radius 3 is 2.44 bits per heavy atom. The Bertz CT molecular complexity index is 545. The van der Waals surface area contributed by atoms with Gasteiger partial charge in [0, 0.05) is 0 Å². The first-order chi connectivity index (χ1) is 8.38. The lowest BCUT2D eigenvalue weighted by Crippen LogP contribution is -2.21. The van der Waals surface area contributed by atoms with Gasteiger partial charge in [-0.1, -0.05) is 17.7 Å². The zero-order valence-electron chi connectivity index (χ0n) is 11.1. The van der Waals surface area contributed by atoms with Crippen molar-refractivity contribution in [1.82, 2.24) is 0 Å². The van der Waals surface area contributed by atoms with Crippen LogP contribution in [0, 0.1) is 19.3 Å². The quantitative estimate of drug-likeness (QED) is 0.889. The molecule has 2 rings (SSSR count). The van der Waals surface area contributed by atoms with Gasteiger partial charge in [-0.2, -0.15) is 0 Å². The third-order valence-corrected chi connectivity index (χ3v) is 5.91. The van der Waals surface area contributed by atoms with Gasteiger partial charge in [-0.25, -0.2) is 8.42 Å². The molecule has 0 aromatic heterocycles. The molecule has 3 nitrogen and oxygen atoms in total. The van der Waals surface area contributed by atoms with Crippen LogP contribution in [-0.4, -0.2) is 20.7 Å². The molecule has 1 aliphatic rings. The summed E-state index contributed by atoms with van der Waals surface area (Å²) in [5.74, 6) is 0.251. The normalized spacial score (nSPS) is 17.7. The molecule has 0 radical (unpaired) electrons. The van der Waals surface area contributed by atoms with E-state index < -0.39 is 9.84 Å². The molecule has 1 aromatic rings. The maximum Gasteiger partial charge on any atom is 0.179 e. The van der Waals surface area contributed by atoms with Gasteiger partial charge < -0.3 is 5.73 Å². The summed E-state index contributed by atoms with van der Waals surface area (Å²) in [6, 6.07) is 5.52. The number of sulfone groups is 1. The number of hydrogen-bond donors (Lipinski definition) is 1. The Balaban J connectivity index is 2.26. The number of benzene rings is 1. The van der Waals surface area contributed by atoms with Gasteiger partial charge in [0.05, 0.1) is 10.6 Å². The van der Waals surface area contributed by atoms with E-state index in [0.29, 0.717) is 11.4 Å². The first-order valence-corrected chi connectivity index (χ1v) is 8.04. The summed E-state index contributed by atoms with van der Waals surface area (Å²) in [4.78, 5) is 0.483. The number of rotatable bonds is 5. The highest BCUT2D eigenvalue weighted by Gasteiger charge is 2.45. The average Bonchev–Trinajstić information content (AvgIpc) is 2.96. The molecule has 0 amide bonds. The minimum atomic E-state index is -3.18. The van der Waals surface area contributed by atoms with Crippen LogP contribution in [-0.2, 0) is 9.84 Å². The summed E-state index contributed by atoms with van der Waals surface area (Å²) in [6.45, 7) is 4.41. The zero-order chi connectivity index (χ0) is 13.4. The van der Waals surface area contributed by atoms with E-state index in [9.17, 15) is 8.42 Å². The van der Waals surface area contributed by atoms with Gasteiger partial charge in [0.1, 0.15) is 0 Å². The Kier molecular flexibility index (Phi) is 3.52. The fourth-order valence-corrected chi connectivity index (χ4v) is 4.80. The maximum absolute atomic E-state index is 12.5. The first kappa shape index (κ1) is 13.6. The van der Waals surface area contributed by atoms with E-state index in [2.05, 4.69) is 0 Å². The lowest BCUT2D eigenvalue weighted by atomic mass is 10.1. The largest absolute Gasteiger partial charge is 0.330 e. The van der Waals surface area contributed by atoms with Crippen LogP contribution in [0.2, 0.25) is 0 Å². The van der Waals surface area contributed by atoms with Crippen molar-refractivity contribution in [1.29, 1.82) is 0 Å². The monoisotopic (exact) mass is 267 g/mol. The highest BCUT2D eigenvalue weighted by Crippen LogP contribution is 2.50. The van der Waals surface area contributed by atoms with Crippen molar-refractivity contribution in [2.24, 2.45) is 11.1 Å². The van der Waals surface area contributed by atoms with Crippen LogP contribution in [0.25, 0.3) is 0 Å². The summed E-state index contributed by atoms with van der Waals surface area (Å²) in [5.41, 5.74) is 7.47. The van der Waals surface area contributed by atoms with E-state index in [1.54, 1.807) is 6.07 Å². The van der Waals surface area contributed by atoms with Crippen LogP contribution < -0.4 is 5.73 Å². The fraction of sp³-hybridized carbons (Fsp3) is 0.571. The molecule has 0 atom stereocenters. The van der Waals surface area contributed by atoms with Gasteiger partial charge in [-0.15, -0.1) is 0 Å². The van der Waals surface area contributed by atoms with E-state index in [4.69, 9.17) is 5.73 Å². The van der Waals surface area contributed by atoms with Crippen LogP contribution in [0.3, 0.4) is 0 Å². The van der Waals surface area contributed by atoms with Crippen LogP contribution >= 0.6 is 0 Å². The summed E-state index contributed by atoms with van der Waals surface area (Å²) >= 11 is 0. The van der Waals surface area contributed by atoms with Gasteiger partial charge in [0.25, 0.3) is 0 Å². The van der Waals surface area contributed by atoms with Crippen LogP contribution in [0.15, 0.2) is 23.1 Å². The Morgan fingerprint density at radius 2 is 1.94 bits per heavy atom. The van der Waals surface area contributed by atoms with Crippen LogP contribution in [0.1, 0.15) is 30.4 Å². The standard InChI is InChI=1S/C14H21NO2S/c1-11-3-4-13(12(2)9-11)18(16,17)10-14(5-6-14)7-8-15/h3-4,9H,5-8,10,15H2,1-2H3. The molecule has 100 valence electrons. The van der Waals surface area contributed by atoms with Crippen molar-refractivity contribution in [3.05, 3.63) is 29.3 Å². The summed E-state index contributed by atoms with van der Waals surface area (Å²) in [6.07, 6.45) is 2.81. The molecule has 0 bridgehead atoms. The molecule has 4 heteroatoms. The summed E-state index contributed by atoms with van der Waals surface area (Å²) in [5, 5.41) is 0. The van der Waals surface area contributed by atoms with E-state index in [1.165, 1.54) is 0 Å². The number of aryl methyl sites for hydroxylation is 2. The molecule has 0 heterocycles. The van der Waals surface area contributed by atoms with E-state index in [-0.39, 0.29) is 11.2 Å². The molecule has 0 unspecified atom stereocenters. The summed E-state index contributed by atoms with van der Waals surface area (Å²) in [7, 11) is -3.18. The topological polar surface area (TPSA) is 60.2 Å². The van der Waals surface area contributed by atoms with Crippen LogP contribution in [0.5, 0.6) is 0 Å². The predicted octanol–water partition coefficient (Wildman–Crippen LogP) is 2.21. The van der Waals surface area contributed by atoms with E-state index in [1.807, 2.05) is 26.0 Å². The molecule has 18 heavy (non-hydrogen) atoms. The second kappa shape index (κ2) is 4.67. The fourth-order valence-electron chi connectivity index (χ4n) is 2.58. The average molecular weight is 267 g/mol. The highest BCUT2D eigenvalue weighted by molar-refractivity contribution is 7.91. The number of hydrogen-bond acceptors (Lipinski definition) is 3. The highest BCUT2D eigenvalue weighted by atomic mass is 32.2. The van der Waals surface area contributed by atoms with Gasteiger partial charge in [0.2, 0.25) is 0 Å². The van der Waals surface area contributed by atoms with E-state index >= 15 is 0 Å². The molecule has 0 spiro atoms. The minimum absolute atomic E-state index is 0.0368. The predicted molar refractivity (Wildman–Crippen MR) is 73.3 cm³/mol. The van der Waals surface area contributed by atoms with Crippen molar-refractivity contribution < 1.29 is 8.42 Å². The van der Waals surface area contributed by atoms with Crippen molar-refractivity contribution in [3.63, 3.8) is 0 Å². The Labute approximate surface area is 109 Å². The van der Waals surface area contributed by atoms with Gasteiger partial charge >= 0.3 is 0 Å². The molecule has 1 saturated carbocycles. The maximum atomic E-state index is 12.5. The van der Waals surface area contributed by atoms with Gasteiger partial charge in [-0.3, -0.25) is 0 Å². The minimum Gasteiger partial charge on any atom is -0.330 e. The third-order valence-electron chi connectivity index (χ3n) is 3.79. The molecule has 1 fully saturated rings. The summed E-state index contributed by atoms with van der Waals surface area (Å²) < 4.78 is 24.9. The molecular weight excluding hydrogens is 246 g/mol. The SMILES string of the molecule is Cc1ccc(S(=O)(=O)CC2(CCN)CC2)c(C)c1. The van der Waals surface area contributed by atoms with E-state index in [0.717, 1.165) is 30.4 Å². The van der Waals surface area contributed by atoms with Crippen LogP contribution in [0.4, 0.5) is 0 Å². The van der Waals surface area contributed by atoms with Crippen molar-refractivity contribution in [2.45, 2.75) is 38.0 Å². The molecule has 1 aliphatic carbocycles. The number of nitrogens with two attached hydrogens (primary N) is 1. The Morgan fingerprint density at radius 1 is 1.28 bits per heavy atom. The van der Waals surface area contributed by atoms with Crippen molar-refractivity contribution >= 4 is 9.84 Å². The first-order valence-electron chi connectivity index (χ1n) is 6.39. The molecule has 1 aromatic carbocycles.